The Hall–Kier alpha value is -0.120. The van der Waals surface area contributed by atoms with Gasteiger partial charge in [0.1, 0.15) is 0 Å². The second-order valence-electron chi connectivity index (χ2n) is 5.19. The SMILES string of the molecule is CN(C)CCN1CCCC(N)C1(C)C. The molecule has 0 aromatic rings. The fourth-order valence-corrected chi connectivity index (χ4v) is 2.10. The molecule has 0 radical (unpaired) electrons. The van der Waals surface area contributed by atoms with Crippen molar-refractivity contribution < 1.29 is 0 Å². The van der Waals surface area contributed by atoms with E-state index in [9.17, 15) is 0 Å². The quantitative estimate of drug-likeness (QED) is 0.728. The van der Waals surface area contributed by atoms with E-state index >= 15 is 0 Å². The predicted octanol–water partition coefficient (Wildman–Crippen LogP) is 0.750. The summed E-state index contributed by atoms with van der Waals surface area (Å²) in [4.78, 5) is 4.76. The van der Waals surface area contributed by atoms with Crippen LogP contribution in [0.1, 0.15) is 26.7 Å². The van der Waals surface area contributed by atoms with Crippen molar-refractivity contribution in [1.29, 1.82) is 0 Å². The highest BCUT2D eigenvalue weighted by atomic mass is 15.2. The normalized spacial score (nSPS) is 28.3. The molecule has 1 aliphatic heterocycles. The lowest BCUT2D eigenvalue weighted by Crippen LogP contribution is -2.60. The first-order valence-electron chi connectivity index (χ1n) is 5.60. The van der Waals surface area contributed by atoms with Crippen molar-refractivity contribution in [1.82, 2.24) is 9.80 Å². The Labute approximate surface area is 88.2 Å². The Morgan fingerprint density at radius 1 is 1.43 bits per heavy atom. The highest BCUT2D eigenvalue weighted by molar-refractivity contribution is 4.95. The molecule has 1 fully saturated rings. The van der Waals surface area contributed by atoms with E-state index in [2.05, 4.69) is 37.7 Å². The van der Waals surface area contributed by atoms with Crippen molar-refractivity contribution in [3.8, 4) is 0 Å². The van der Waals surface area contributed by atoms with Gasteiger partial charge in [-0.05, 0) is 47.3 Å². The lowest BCUT2D eigenvalue weighted by molar-refractivity contribution is 0.0519. The molecule has 0 aromatic carbocycles. The van der Waals surface area contributed by atoms with Gasteiger partial charge in [0.05, 0.1) is 0 Å². The van der Waals surface area contributed by atoms with Gasteiger partial charge in [-0.15, -0.1) is 0 Å². The number of likely N-dealkylation sites (N-methyl/N-ethyl adjacent to an activating group) is 1. The summed E-state index contributed by atoms with van der Waals surface area (Å²) in [6.45, 7) is 8.00. The Morgan fingerprint density at radius 2 is 2.07 bits per heavy atom. The van der Waals surface area contributed by atoms with Crippen LogP contribution in [0.3, 0.4) is 0 Å². The smallest absolute Gasteiger partial charge is 0.0304 e. The van der Waals surface area contributed by atoms with Gasteiger partial charge >= 0.3 is 0 Å². The predicted molar refractivity (Wildman–Crippen MR) is 61.4 cm³/mol. The van der Waals surface area contributed by atoms with Gasteiger partial charge in [0.25, 0.3) is 0 Å². The zero-order valence-corrected chi connectivity index (χ0v) is 10.1. The summed E-state index contributed by atoms with van der Waals surface area (Å²) in [7, 11) is 4.24. The maximum Gasteiger partial charge on any atom is 0.0304 e. The highest BCUT2D eigenvalue weighted by Gasteiger charge is 2.35. The maximum absolute atomic E-state index is 6.15. The molecule has 1 saturated heterocycles. The Morgan fingerprint density at radius 3 is 2.64 bits per heavy atom. The van der Waals surface area contributed by atoms with Crippen molar-refractivity contribution in [2.45, 2.75) is 38.3 Å². The number of nitrogens with two attached hydrogens (primary N) is 1. The summed E-state index contributed by atoms with van der Waals surface area (Å²) in [5.41, 5.74) is 6.33. The van der Waals surface area contributed by atoms with Crippen LogP contribution in [0.2, 0.25) is 0 Å². The van der Waals surface area contributed by atoms with E-state index in [0.29, 0.717) is 6.04 Å². The molecule has 14 heavy (non-hydrogen) atoms. The summed E-state index contributed by atoms with van der Waals surface area (Å²) in [5.74, 6) is 0. The van der Waals surface area contributed by atoms with E-state index in [1.807, 2.05) is 0 Å². The topological polar surface area (TPSA) is 32.5 Å². The first-order chi connectivity index (χ1) is 6.44. The van der Waals surface area contributed by atoms with Crippen LogP contribution >= 0.6 is 0 Å². The van der Waals surface area contributed by atoms with Crippen LogP contribution in [0.25, 0.3) is 0 Å². The van der Waals surface area contributed by atoms with E-state index in [0.717, 1.165) is 13.1 Å². The minimum absolute atomic E-state index is 0.175. The molecule has 2 N–H and O–H groups in total. The standard InChI is InChI=1S/C11H25N3/c1-11(2)10(12)6-5-7-14(11)9-8-13(3)4/h10H,5-9,12H2,1-4H3. The molecule has 1 rings (SSSR count). The molecule has 0 aliphatic carbocycles. The largest absolute Gasteiger partial charge is 0.326 e. The number of rotatable bonds is 3. The Balaban J connectivity index is 2.49. The van der Waals surface area contributed by atoms with Gasteiger partial charge in [0.2, 0.25) is 0 Å². The van der Waals surface area contributed by atoms with Gasteiger partial charge in [0.15, 0.2) is 0 Å². The number of nitrogens with zero attached hydrogens (tertiary/aromatic N) is 2. The minimum Gasteiger partial charge on any atom is -0.326 e. The molecule has 0 spiro atoms. The monoisotopic (exact) mass is 199 g/mol. The summed E-state index contributed by atoms with van der Waals surface area (Å²) < 4.78 is 0. The van der Waals surface area contributed by atoms with Crippen LogP contribution < -0.4 is 5.73 Å². The number of likely N-dealkylation sites (tertiary alicyclic amines) is 1. The van der Waals surface area contributed by atoms with Crippen molar-refractivity contribution in [3.63, 3.8) is 0 Å². The van der Waals surface area contributed by atoms with E-state index < -0.39 is 0 Å². The van der Waals surface area contributed by atoms with Gasteiger partial charge < -0.3 is 10.6 Å². The number of piperidine rings is 1. The third kappa shape index (κ3) is 2.69. The van der Waals surface area contributed by atoms with Crippen LogP contribution in [-0.4, -0.2) is 55.1 Å². The van der Waals surface area contributed by atoms with Gasteiger partial charge in [-0.2, -0.15) is 0 Å². The van der Waals surface area contributed by atoms with Gasteiger partial charge in [-0.25, -0.2) is 0 Å². The van der Waals surface area contributed by atoms with Crippen LogP contribution in [0.4, 0.5) is 0 Å². The molecule has 1 atom stereocenters. The van der Waals surface area contributed by atoms with E-state index in [-0.39, 0.29) is 5.54 Å². The molecule has 0 bridgehead atoms. The number of hydrogen-bond acceptors (Lipinski definition) is 3. The second-order valence-corrected chi connectivity index (χ2v) is 5.19. The van der Waals surface area contributed by atoms with Crippen LogP contribution in [0, 0.1) is 0 Å². The second kappa shape index (κ2) is 4.60. The Kier molecular flexibility index (Phi) is 3.93. The zero-order chi connectivity index (χ0) is 10.8. The first-order valence-corrected chi connectivity index (χ1v) is 5.60. The third-order valence-corrected chi connectivity index (χ3v) is 3.48. The Bertz CT molecular complexity index is 177. The molecule has 0 saturated carbocycles. The van der Waals surface area contributed by atoms with Gasteiger partial charge in [0, 0.05) is 24.7 Å². The van der Waals surface area contributed by atoms with Crippen LogP contribution in [-0.2, 0) is 0 Å². The molecule has 3 heteroatoms. The average Bonchev–Trinajstić information content (AvgIpc) is 2.07. The lowest BCUT2D eigenvalue weighted by atomic mass is 9.85. The third-order valence-electron chi connectivity index (χ3n) is 3.48. The molecule has 3 nitrogen and oxygen atoms in total. The van der Waals surface area contributed by atoms with Crippen LogP contribution in [0.15, 0.2) is 0 Å². The summed E-state index contributed by atoms with van der Waals surface area (Å²) in [6, 6.07) is 0.332. The molecule has 1 heterocycles. The van der Waals surface area contributed by atoms with Crippen molar-refractivity contribution in [2.75, 3.05) is 33.7 Å². The molecular weight excluding hydrogens is 174 g/mol. The van der Waals surface area contributed by atoms with Crippen molar-refractivity contribution >= 4 is 0 Å². The van der Waals surface area contributed by atoms with Gasteiger partial charge in [-0.1, -0.05) is 0 Å². The first kappa shape index (κ1) is 12.0. The van der Waals surface area contributed by atoms with E-state index in [1.165, 1.54) is 19.4 Å². The number of hydrogen-bond donors (Lipinski definition) is 1. The fourth-order valence-electron chi connectivity index (χ4n) is 2.10. The lowest BCUT2D eigenvalue weighted by Gasteiger charge is -2.47. The van der Waals surface area contributed by atoms with E-state index in [1.54, 1.807) is 0 Å². The van der Waals surface area contributed by atoms with Gasteiger partial charge in [-0.3, -0.25) is 4.90 Å². The van der Waals surface area contributed by atoms with Crippen molar-refractivity contribution in [2.24, 2.45) is 5.73 Å². The molecular formula is C11H25N3. The molecule has 84 valence electrons. The molecule has 1 aliphatic rings. The average molecular weight is 199 g/mol. The minimum atomic E-state index is 0.175. The molecule has 1 unspecified atom stereocenters. The highest BCUT2D eigenvalue weighted by Crippen LogP contribution is 2.25. The zero-order valence-electron chi connectivity index (χ0n) is 10.1. The summed E-state index contributed by atoms with van der Waals surface area (Å²) in [5, 5.41) is 0. The maximum atomic E-state index is 6.15. The fraction of sp³-hybridized carbons (Fsp3) is 1.00. The van der Waals surface area contributed by atoms with Crippen molar-refractivity contribution in [3.05, 3.63) is 0 Å². The molecule has 0 aromatic heterocycles. The summed E-state index contributed by atoms with van der Waals surface area (Å²) in [6.07, 6.45) is 2.42. The summed E-state index contributed by atoms with van der Waals surface area (Å²) >= 11 is 0. The van der Waals surface area contributed by atoms with Crippen LogP contribution in [0.5, 0.6) is 0 Å². The van der Waals surface area contributed by atoms with E-state index in [4.69, 9.17) is 5.73 Å². The molecule has 0 amide bonds.